The first-order chi connectivity index (χ1) is 8.15. The zero-order valence-electron chi connectivity index (χ0n) is 10.7. The lowest BCUT2D eigenvalue weighted by molar-refractivity contribution is -0.143. The molecule has 0 spiro atoms. The van der Waals surface area contributed by atoms with E-state index in [2.05, 4.69) is 10.2 Å². The number of nitrogens with zero attached hydrogens (tertiary/aromatic N) is 1. The van der Waals surface area contributed by atoms with E-state index < -0.39 is 5.97 Å². The lowest BCUT2D eigenvalue weighted by Gasteiger charge is -2.37. The molecule has 0 aromatic rings. The topological polar surface area (TPSA) is 52.6 Å². The summed E-state index contributed by atoms with van der Waals surface area (Å²) in [5.74, 6) is -0.846. The van der Waals surface area contributed by atoms with Gasteiger partial charge in [-0.1, -0.05) is 19.3 Å². The lowest BCUT2D eigenvalue weighted by Crippen LogP contribution is -2.52. The summed E-state index contributed by atoms with van der Waals surface area (Å²) in [7, 11) is 2.02. The van der Waals surface area contributed by atoms with Gasteiger partial charge in [0.05, 0.1) is 5.92 Å². The van der Waals surface area contributed by atoms with E-state index in [4.69, 9.17) is 5.11 Å². The van der Waals surface area contributed by atoms with Gasteiger partial charge in [0.1, 0.15) is 0 Å². The Morgan fingerprint density at radius 1 is 1.18 bits per heavy atom. The fourth-order valence-electron chi connectivity index (χ4n) is 3.22. The monoisotopic (exact) mass is 240 g/mol. The van der Waals surface area contributed by atoms with Gasteiger partial charge in [-0.3, -0.25) is 4.79 Å². The van der Waals surface area contributed by atoms with Gasteiger partial charge in [-0.15, -0.1) is 0 Å². The van der Waals surface area contributed by atoms with Gasteiger partial charge >= 0.3 is 5.97 Å². The molecule has 0 bridgehead atoms. The van der Waals surface area contributed by atoms with Crippen LogP contribution in [-0.2, 0) is 4.79 Å². The Balaban J connectivity index is 1.84. The molecule has 1 saturated carbocycles. The molecular weight excluding hydrogens is 216 g/mol. The number of aliphatic carboxylic acids is 1. The van der Waals surface area contributed by atoms with E-state index in [9.17, 15) is 4.79 Å². The van der Waals surface area contributed by atoms with Gasteiger partial charge < -0.3 is 15.3 Å². The van der Waals surface area contributed by atoms with Crippen molar-refractivity contribution < 1.29 is 9.90 Å². The van der Waals surface area contributed by atoms with E-state index in [0.717, 1.165) is 13.0 Å². The molecule has 4 nitrogen and oxygen atoms in total. The zero-order valence-corrected chi connectivity index (χ0v) is 10.7. The van der Waals surface area contributed by atoms with Gasteiger partial charge in [-0.2, -0.15) is 0 Å². The lowest BCUT2D eigenvalue weighted by atomic mass is 9.91. The van der Waals surface area contributed by atoms with E-state index in [-0.39, 0.29) is 5.92 Å². The summed E-state index contributed by atoms with van der Waals surface area (Å²) in [4.78, 5) is 13.2. The summed E-state index contributed by atoms with van der Waals surface area (Å²) >= 11 is 0. The minimum Gasteiger partial charge on any atom is -0.481 e. The minimum atomic E-state index is -0.646. The first-order valence-corrected chi connectivity index (χ1v) is 6.82. The third kappa shape index (κ3) is 3.68. The fraction of sp³-hybridized carbons (Fsp3) is 0.923. The Morgan fingerprint density at radius 2 is 1.88 bits per heavy atom. The molecule has 0 radical (unpaired) electrons. The predicted molar refractivity (Wildman–Crippen MR) is 67.0 cm³/mol. The third-order valence-corrected chi connectivity index (χ3v) is 4.06. The highest BCUT2D eigenvalue weighted by Crippen LogP contribution is 2.21. The van der Waals surface area contributed by atoms with E-state index >= 15 is 0 Å². The normalized spacial score (nSPS) is 32.5. The highest BCUT2D eigenvalue weighted by atomic mass is 16.4. The number of carboxylic acids is 1. The summed E-state index contributed by atoms with van der Waals surface area (Å²) in [5.41, 5.74) is 0. The van der Waals surface area contributed by atoms with E-state index in [1.807, 2.05) is 7.05 Å². The van der Waals surface area contributed by atoms with Crippen molar-refractivity contribution in [3.63, 3.8) is 0 Å². The molecule has 4 heteroatoms. The standard InChI is InChI=1S/C13H24N2O2/c1-15-8-10(13(16)17)7-12(9-15)14-11-5-3-2-4-6-11/h10-12,14H,2-9H2,1H3,(H,16,17). The van der Waals surface area contributed by atoms with Crippen molar-refractivity contribution in [2.45, 2.75) is 50.6 Å². The Bertz CT molecular complexity index is 264. The number of likely N-dealkylation sites (tertiary alicyclic amines) is 1. The maximum Gasteiger partial charge on any atom is 0.307 e. The van der Waals surface area contributed by atoms with Crippen molar-refractivity contribution in [3.05, 3.63) is 0 Å². The van der Waals surface area contributed by atoms with E-state index in [1.54, 1.807) is 0 Å². The van der Waals surface area contributed by atoms with E-state index in [1.165, 1.54) is 32.1 Å². The van der Waals surface area contributed by atoms with Crippen LogP contribution in [-0.4, -0.2) is 48.2 Å². The van der Waals surface area contributed by atoms with Crippen LogP contribution in [0.25, 0.3) is 0 Å². The molecule has 2 fully saturated rings. The molecule has 0 amide bonds. The second kappa shape index (κ2) is 5.83. The molecule has 2 rings (SSSR count). The van der Waals surface area contributed by atoms with Gasteiger partial charge in [0.2, 0.25) is 0 Å². The van der Waals surface area contributed by atoms with Crippen molar-refractivity contribution in [1.82, 2.24) is 10.2 Å². The second-order valence-electron chi connectivity index (χ2n) is 5.69. The molecule has 2 N–H and O–H groups in total. The first-order valence-electron chi connectivity index (χ1n) is 6.82. The van der Waals surface area contributed by atoms with Crippen molar-refractivity contribution >= 4 is 5.97 Å². The van der Waals surface area contributed by atoms with Crippen molar-refractivity contribution in [2.75, 3.05) is 20.1 Å². The molecule has 2 unspecified atom stereocenters. The zero-order chi connectivity index (χ0) is 12.3. The average molecular weight is 240 g/mol. The average Bonchev–Trinajstić information content (AvgIpc) is 2.29. The van der Waals surface area contributed by atoms with Crippen molar-refractivity contribution in [3.8, 4) is 0 Å². The first kappa shape index (κ1) is 12.8. The second-order valence-corrected chi connectivity index (χ2v) is 5.69. The Labute approximate surface area is 103 Å². The van der Waals surface area contributed by atoms with Crippen molar-refractivity contribution in [1.29, 1.82) is 0 Å². The Kier molecular flexibility index (Phi) is 4.40. The van der Waals surface area contributed by atoms with Crippen LogP contribution in [0.4, 0.5) is 0 Å². The van der Waals surface area contributed by atoms with Crippen molar-refractivity contribution in [2.24, 2.45) is 5.92 Å². The van der Waals surface area contributed by atoms with Gasteiger partial charge in [0, 0.05) is 25.2 Å². The van der Waals surface area contributed by atoms with Crippen LogP contribution < -0.4 is 5.32 Å². The van der Waals surface area contributed by atoms with Crippen LogP contribution in [0.15, 0.2) is 0 Å². The Morgan fingerprint density at radius 3 is 2.53 bits per heavy atom. The number of rotatable bonds is 3. The highest BCUT2D eigenvalue weighted by Gasteiger charge is 2.31. The number of carbonyl (C=O) groups is 1. The maximum absolute atomic E-state index is 11.1. The molecule has 2 atom stereocenters. The molecule has 1 saturated heterocycles. The van der Waals surface area contributed by atoms with Gasteiger partial charge in [0.25, 0.3) is 0 Å². The van der Waals surface area contributed by atoms with Crippen LogP contribution >= 0.6 is 0 Å². The Hall–Kier alpha value is -0.610. The van der Waals surface area contributed by atoms with Crippen LogP contribution in [0.2, 0.25) is 0 Å². The number of hydrogen-bond acceptors (Lipinski definition) is 3. The van der Waals surface area contributed by atoms with E-state index in [0.29, 0.717) is 18.6 Å². The quantitative estimate of drug-likeness (QED) is 0.781. The largest absolute Gasteiger partial charge is 0.481 e. The van der Waals surface area contributed by atoms with Crippen LogP contribution in [0.3, 0.4) is 0 Å². The molecule has 2 aliphatic rings. The van der Waals surface area contributed by atoms with Crippen LogP contribution in [0.1, 0.15) is 38.5 Å². The van der Waals surface area contributed by atoms with Gasteiger partial charge in [0.15, 0.2) is 0 Å². The predicted octanol–water partition coefficient (Wildman–Crippen LogP) is 1.31. The number of piperidine rings is 1. The van der Waals surface area contributed by atoms with Gasteiger partial charge in [-0.25, -0.2) is 0 Å². The summed E-state index contributed by atoms with van der Waals surface area (Å²) < 4.78 is 0. The summed E-state index contributed by atoms with van der Waals surface area (Å²) in [6.07, 6.45) is 7.32. The molecule has 0 aromatic heterocycles. The maximum atomic E-state index is 11.1. The smallest absolute Gasteiger partial charge is 0.307 e. The highest BCUT2D eigenvalue weighted by molar-refractivity contribution is 5.70. The third-order valence-electron chi connectivity index (χ3n) is 4.06. The summed E-state index contributed by atoms with van der Waals surface area (Å²) in [6, 6.07) is 0.979. The number of carboxylic acid groups (broad SMARTS) is 1. The fourth-order valence-corrected chi connectivity index (χ4v) is 3.22. The summed E-state index contributed by atoms with van der Waals surface area (Å²) in [6.45, 7) is 1.68. The molecule has 98 valence electrons. The number of likely N-dealkylation sites (N-methyl/N-ethyl adjacent to an activating group) is 1. The van der Waals surface area contributed by atoms with Crippen LogP contribution in [0.5, 0.6) is 0 Å². The number of nitrogens with one attached hydrogen (secondary N) is 1. The minimum absolute atomic E-state index is 0.199. The molecule has 1 heterocycles. The number of hydrogen-bond donors (Lipinski definition) is 2. The van der Waals surface area contributed by atoms with Crippen LogP contribution in [0, 0.1) is 5.92 Å². The SMILES string of the molecule is CN1CC(NC2CCCCC2)CC(C(=O)O)C1. The molecule has 1 aliphatic carbocycles. The molecule has 0 aromatic carbocycles. The van der Waals surface area contributed by atoms with Gasteiger partial charge in [-0.05, 0) is 26.3 Å². The molecule has 1 aliphatic heterocycles. The molecule has 17 heavy (non-hydrogen) atoms. The summed E-state index contributed by atoms with van der Waals surface area (Å²) in [5, 5.41) is 12.8. The molecular formula is C13H24N2O2.